The van der Waals surface area contributed by atoms with Gasteiger partial charge in [0.05, 0.1) is 18.4 Å². The zero-order chi connectivity index (χ0) is 15.3. The maximum atomic E-state index is 12.2. The average Bonchev–Trinajstić information content (AvgIpc) is 2.76. The quantitative estimate of drug-likeness (QED) is 0.692. The molecule has 2 amide bonds. The van der Waals surface area contributed by atoms with Gasteiger partial charge >= 0.3 is 5.97 Å². The molecule has 0 radical (unpaired) electrons. The summed E-state index contributed by atoms with van der Waals surface area (Å²) < 4.78 is 4.92. The van der Waals surface area contributed by atoms with Crippen LogP contribution in [0.3, 0.4) is 0 Å². The first-order valence-corrected chi connectivity index (χ1v) is 6.61. The lowest BCUT2D eigenvalue weighted by molar-refractivity contribution is -0.143. The van der Waals surface area contributed by atoms with E-state index in [1.165, 1.54) is 4.90 Å². The van der Waals surface area contributed by atoms with Crippen molar-refractivity contribution in [2.45, 2.75) is 13.3 Å². The molecule has 0 aromatic carbocycles. The maximum Gasteiger partial charge on any atom is 0.308 e. The van der Waals surface area contributed by atoms with E-state index < -0.39 is 11.9 Å². The van der Waals surface area contributed by atoms with E-state index in [1.807, 2.05) is 0 Å². The van der Waals surface area contributed by atoms with Gasteiger partial charge in [0.15, 0.2) is 0 Å². The molecule has 1 N–H and O–H groups in total. The molecule has 0 aromatic rings. The van der Waals surface area contributed by atoms with Gasteiger partial charge in [0.25, 0.3) is 0 Å². The van der Waals surface area contributed by atoms with E-state index in [0.29, 0.717) is 19.7 Å². The highest BCUT2D eigenvalue weighted by Crippen LogP contribution is 2.20. The van der Waals surface area contributed by atoms with Crippen molar-refractivity contribution in [1.29, 1.82) is 0 Å². The number of amides is 2. The van der Waals surface area contributed by atoms with E-state index in [-0.39, 0.29) is 30.7 Å². The largest absolute Gasteiger partial charge is 0.481 e. The van der Waals surface area contributed by atoms with E-state index in [1.54, 1.807) is 26.0 Å². The average molecular weight is 286 g/mol. The Morgan fingerprint density at radius 1 is 1.55 bits per heavy atom. The summed E-state index contributed by atoms with van der Waals surface area (Å²) in [6.07, 6.45) is 0.189. The number of ether oxygens (including phenoxy) is 1. The molecule has 2 unspecified atom stereocenters. The molecule has 0 bridgehead atoms. The van der Waals surface area contributed by atoms with Crippen molar-refractivity contribution in [1.82, 2.24) is 9.80 Å². The third kappa shape index (κ3) is 4.19. The summed E-state index contributed by atoms with van der Waals surface area (Å²) in [7, 11) is 3.13. The van der Waals surface area contributed by atoms with E-state index in [0.717, 1.165) is 0 Å². The van der Waals surface area contributed by atoms with Crippen LogP contribution in [0.4, 0.5) is 0 Å². The normalized spacial score (nSPS) is 20.1. The van der Waals surface area contributed by atoms with Crippen LogP contribution >= 0.6 is 0 Å². The Hall–Kier alpha value is -1.63. The van der Waals surface area contributed by atoms with Gasteiger partial charge in [-0.1, -0.05) is 6.92 Å². The summed E-state index contributed by atoms with van der Waals surface area (Å²) in [5.41, 5.74) is 0. The summed E-state index contributed by atoms with van der Waals surface area (Å²) in [5, 5.41) is 8.85. The third-order valence-corrected chi connectivity index (χ3v) is 3.47. The molecule has 1 fully saturated rings. The fraction of sp³-hybridized carbons (Fsp3) is 0.769. The van der Waals surface area contributed by atoms with Gasteiger partial charge in [0.1, 0.15) is 0 Å². The van der Waals surface area contributed by atoms with Crippen molar-refractivity contribution in [2.75, 3.05) is 40.4 Å². The van der Waals surface area contributed by atoms with E-state index in [9.17, 15) is 14.4 Å². The molecular formula is C13H22N2O5. The molecule has 0 spiro atoms. The first kappa shape index (κ1) is 16.4. The number of carboxylic acid groups (broad SMARTS) is 1. The predicted molar refractivity (Wildman–Crippen MR) is 71.0 cm³/mol. The molecule has 0 aliphatic carbocycles. The molecule has 0 aromatic heterocycles. The lowest BCUT2D eigenvalue weighted by Crippen LogP contribution is -2.38. The minimum Gasteiger partial charge on any atom is -0.481 e. The topological polar surface area (TPSA) is 87.2 Å². The number of carbonyl (C=O) groups is 3. The van der Waals surface area contributed by atoms with Crippen LogP contribution in [0, 0.1) is 11.8 Å². The highest BCUT2D eigenvalue weighted by Gasteiger charge is 2.35. The lowest BCUT2D eigenvalue weighted by atomic mass is 10.1. The number of rotatable bonds is 7. The monoisotopic (exact) mass is 286 g/mol. The SMILES string of the molecule is COCCN1CC(C(=O)N(C)CC(C)C(=O)O)CC1=O. The Morgan fingerprint density at radius 2 is 2.20 bits per heavy atom. The van der Waals surface area contributed by atoms with Crippen LogP contribution in [0.1, 0.15) is 13.3 Å². The summed E-state index contributed by atoms with van der Waals surface area (Å²) in [5.74, 6) is -2.17. The van der Waals surface area contributed by atoms with Crippen LogP contribution in [0.5, 0.6) is 0 Å². The third-order valence-electron chi connectivity index (χ3n) is 3.47. The Balaban J connectivity index is 2.52. The van der Waals surface area contributed by atoms with Crippen molar-refractivity contribution >= 4 is 17.8 Å². The first-order valence-electron chi connectivity index (χ1n) is 6.61. The summed E-state index contributed by atoms with van der Waals surface area (Å²) in [4.78, 5) is 37.7. The first-order chi connectivity index (χ1) is 9.36. The number of hydrogen-bond donors (Lipinski definition) is 1. The Kier molecular flexibility index (Phi) is 5.94. The number of carbonyl (C=O) groups excluding carboxylic acids is 2. The van der Waals surface area contributed by atoms with Crippen molar-refractivity contribution in [2.24, 2.45) is 11.8 Å². The van der Waals surface area contributed by atoms with Gasteiger partial charge in [0, 0.05) is 40.2 Å². The highest BCUT2D eigenvalue weighted by molar-refractivity contribution is 5.89. The molecule has 0 saturated carbocycles. The summed E-state index contributed by atoms with van der Waals surface area (Å²) in [6.45, 7) is 3.01. The van der Waals surface area contributed by atoms with E-state index >= 15 is 0 Å². The van der Waals surface area contributed by atoms with Gasteiger partial charge in [0.2, 0.25) is 11.8 Å². The van der Waals surface area contributed by atoms with Gasteiger partial charge in [-0.05, 0) is 0 Å². The van der Waals surface area contributed by atoms with Crippen molar-refractivity contribution in [3.63, 3.8) is 0 Å². The number of methoxy groups -OCH3 is 1. The number of likely N-dealkylation sites (tertiary alicyclic amines) is 1. The van der Waals surface area contributed by atoms with Crippen LogP contribution in [0.2, 0.25) is 0 Å². The van der Waals surface area contributed by atoms with Crippen LogP contribution < -0.4 is 0 Å². The summed E-state index contributed by atoms with van der Waals surface area (Å²) >= 11 is 0. The van der Waals surface area contributed by atoms with Crippen LogP contribution in [0.15, 0.2) is 0 Å². The number of aliphatic carboxylic acids is 1. The van der Waals surface area contributed by atoms with Gasteiger partial charge in [-0.25, -0.2) is 0 Å². The fourth-order valence-corrected chi connectivity index (χ4v) is 2.25. The zero-order valence-electron chi connectivity index (χ0n) is 12.2. The Labute approximate surface area is 118 Å². The zero-order valence-corrected chi connectivity index (χ0v) is 12.2. The van der Waals surface area contributed by atoms with Gasteiger partial charge in [-0.3, -0.25) is 14.4 Å². The van der Waals surface area contributed by atoms with Crippen LogP contribution in [-0.2, 0) is 19.1 Å². The Morgan fingerprint density at radius 3 is 2.75 bits per heavy atom. The number of hydrogen-bond acceptors (Lipinski definition) is 4. The fourth-order valence-electron chi connectivity index (χ4n) is 2.25. The maximum absolute atomic E-state index is 12.2. The summed E-state index contributed by atoms with van der Waals surface area (Å²) in [6, 6.07) is 0. The molecule has 1 heterocycles. The van der Waals surface area contributed by atoms with Crippen molar-refractivity contribution in [3.05, 3.63) is 0 Å². The standard InChI is InChI=1S/C13H22N2O5/c1-9(13(18)19)7-14(2)12(17)10-6-11(16)15(8-10)4-5-20-3/h9-10H,4-8H2,1-3H3,(H,18,19). The van der Waals surface area contributed by atoms with Crippen molar-refractivity contribution < 1.29 is 24.2 Å². The lowest BCUT2D eigenvalue weighted by Gasteiger charge is -2.23. The van der Waals surface area contributed by atoms with Crippen LogP contribution in [-0.4, -0.2) is 73.1 Å². The number of carboxylic acids is 1. The molecule has 114 valence electrons. The van der Waals surface area contributed by atoms with Gasteiger partial charge in [-0.15, -0.1) is 0 Å². The molecule has 1 aliphatic rings. The van der Waals surface area contributed by atoms with E-state index in [4.69, 9.17) is 9.84 Å². The Bertz CT molecular complexity index is 385. The molecule has 1 rings (SSSR count). The molecule has 1 aliphatic heterocycles. The number of nitrogens with zero attached hydrogens (tertiary/aromatic N) is 2. The molecule has 1 saturated heterocycles. The predicted octanol–water partition coefficient (Wildman–Crippen LogP) is -0.340. The highest BCUT2D eigenvalue weighted by atomic mass is 16.5. The molecule has 20 heavy (non-hydrogen) atoms. The van der Waals surface area contributed by atoms with Crippen molar-refractivity contribution in [3.8, 4) is 0 Å². The molecular weight excluding hydrogens is 264 g/mol. The van der Waals surface area contributed by atoms with E-state index in [2.05, 4.69) is 0 Å². The van der Waals surface area contributed by atoms with Gasteiger partial charge in [-0.2, -0.15) is 0 Å². The van der Waals surface area contributed by atoms with Gasteiger partial charge < -0.3 is 19.6 Å². The molecule has 7 heteroatoms. The molecule has 2 atom stereocenters. The second-order valence-corrected chi connectivity index (χ2v) is 5.19. The minimum atomic E-state index is -0.936. The molecule has 7 nitrogen and oxygen atoms in total. The second kappa shape index (κ2) is 7.23. The van der Waals surface area contributed by atoms with Crippen LogP contribution in [0.25, 0.3) is 0 Å². The minimum absolute atomic E-state index is 0.0555. The second-order valence-electron chi connectivity index (χ2n) is 5.19. The smallest absolute Gasteiger partial charge is 0.308 e.